The lowest BCUT2D eigenvalue weighted by atomic mass is 10.0. The number of likely N-dealkylation sites (tertiary alicyclic amines) is 1. The van der Waals surface area contributed by atoms with Gasteiger partial charge in [0, 0.05) is 18.6 Å². The molecule has 3 unspecified atom stereocenters. The molecule has 0 aromatic rings. The van der Waals surface area contributed by atoms with Gasteiger partial charge >= 0.3 is 0 Å². The van der Waals surface area contributed by atoms with Gasteiger partial charge < -0.3 is 4.90 Å². The van der Waals surface area contributed by atoms with Crippen molar-refractivity contribution in [1.29, 1.82) is 0 Å². The first kappa shape index (κ1) is 15.4. The third-order valence-electron chi connectivity index (χ3n) is 4.38. The van der Waals surface area contributed by atoms with Crippen LogP contribution in [0.2, 0.25) is 0 Å². The predicted molar refractivity (Wildman–Crippen MR) is 73.9 cm³/mol. The minimum absolute atomic E-state index is 0.0866. The summed E-state index contributed by atoms with van der Waals surface area (Å²) >= 11 is 0. The molecule has 0 aromatic carbocycles. The number of hydrogen-bond donors (Lipinski definition) is 2. The van der Waals surface area contributed by atoms with Crippen LogP contribution in [0.3, 0.4) is 0 Å². The maximum Gasteiger partial charge on any atom is 0.238 e. The topological polar surface area (TPSA) is 61.6 Å². The SMILES string of the molecule is CCN1CCCC1CN(C)C(C)C(C)C(=O)NN. The maximum atomic E-state index is 11.5. The zero-order chi connectivity index (χ0) is 13.7. The van der Waals surface area contributed by atoms with E-state index < -0.39 is 0 Å². The average Bonchev–Trinajstić information content (AvgIpc) is 2.82. The zero-order valence-corrected chi connectivity index (χ0v) is 12.1. The minimum atomic E-state index is -0.0897. The second-order valence-corrected chi connectivity index (χ2v) is 5.40. The molecule has 0 aliphatic carbocycles. The summed E-state index contributed by atoms with van der Waals surface area (Å²) in [7, 11) is 2.09. The summed E-state index contributed by atoms with van der Waals surface area (Å²) in [6.07, 6.45) is 2.56. The molecular formula is C13H28N4O. The fourth-order valence-corrected chi connectivity index (χ4v) is 2.75. The second-order valence-electron chi connectivity index (χ2n) is 5.40. The molecule has 3 atom stereocenters. The van der Waals surface area contributed by atoms with Crippen LogP contribution in [0.15, 0.2) is 0 Å². The molecule has 5 nitrogen and oxygen atoms in total. The Labute approximate surface area is 111 Å². The van der Waals surface area contributed by atoms with Crippen LogP contribution in [0.4, 0.5) is 0 Å². The Morgan fingerprint density at radius 2 is 2.22 bits per heavy atom. The van der Waals surface area contributed by atoms with Crippen LogP contribution in [0.25, 0.3) is 0 Å². The molecule has 0 spiro atoms. The van der Waals surface area contributed by atoms with Crippen LogP contribution < -0.4 is 11.3 Å². The smallest absolute Gasteiger partial charge is 0.238 e. The monoisotopic (exact) mass is 256 g/mol. The molecule has 18 heavy (non-hydrogen) atoms. The van der Waals surface area contributed by atoms with Gasteiger partial charge in [0.1, 0.15) is 0 Å². The Bertz CT molecular complexity index is 272. The van der Waals surface area contributed by atoms with Crippen LogP contribution in [0.5, 0.6) is 0 Å². The van der Waals surface area contributed by atoms with Crippen LogP contribution >= 0.6 is 0 Å². The van der Waals surface area contributed by atoms with E-state index in [9.17, 15) is 4.79 Å². The number of amides is 1. The number of nitrogens with two attached hydrogens (primary N) is 1. The number of likely N-dealkylation sites (N-methyl/N-ethyl adjacent to an activating group) is 2. The van der Waals surface area contributed by atoms with E-state index >= 15 is 0 Å². The molecule has 1 heterocycles. The summed E-state index contributed by atoms with van der Waals surface area (Å²) in [4.78, 5) is 16.3. The van der Waals surface area contributed by atoms with E-state index in [0.29, 0.717) is 6.04 Å². The van der Waals surface area contributed by atoms with Crippen molar-refractivity contribution >= 4 is 5.91 Å². The quantitative estimate of drug-likeness (QED) is 0.411. The largest absolute Gasteiger partial charge is 0.301 e. The van der Waals surface area contributed by atoms with Gasteiger partial charge in [-0.1, -0.05) is 13.8 Å². The van der Waals surface area contributed by atoms with Crippen molar-refractivity contribution in [2.45, 2.75) is 45.7 Å². The van der Waals surface area contributed by atoms with Crippen molar-refractivity contribution in [3.8, 4) is 0 Å². The first-order valence-electron chi connectivity index (χ1n) is 6.96. The number of hydrazine groups is 1. The van der Waals surface area contributed by atoms with Gasteiger partial charge in [0.2, 0.25) is 5.91 Å². The highest BCUT2D eigenvalue weighted by Gasteiger charge is 2.28. The highest BCUT2D eigenvalue weighted by molar-refractivity contribution is 5.78. The molecule has 1 aliphatic heterocycles. The number of carbonyl (C=O) groups is 1. The fraction of sp³-hybridized carbons (Fsp3) is 0.923. The highest BCUT2D eigenvalue weighted by atomic mass is 16.2. The maximum absolute atomic E-state index is 11.5. The third-order valence-corrected chi connectivity index (χ3v) is 4.38. The van der Waals surface area contributed by atoms with Gasteiger partial charge in [0.25, 0.3) is 0 Å². The van der Waals surface area contributed by atoms with Crippen LogP contribution in [-0.2, 0) is 4.79 Å². The molecule has 3 N–H and O–H groups in total. The van der Waals surface area contributed by atoms with E-state index in [4.69, 9.17) is 5.84 Å². The van der Waals surface area contributed by atoms with E-state index in [1.165, 1.54) is 19.4 Å². The summed E-state index contributed by atoms with van der Waals surface area (Å²) in [6.45, 7) is 9.58. The van der Waals surface area contributed by atoms with Crippen molar-refractivity contribution in [2.75, 3.05) is 26.7 Å². The van der Waals surface area contributed by atoms with Gasteiger partial charge in [0.15, 0.2) is 0 Å². The van der Waals surface area contributed by atoms with Crippen molar-refractivity contribution < 1.29 is 4.79 Å². The molecule has 106 valence electrons. The van der Waals surface area contributed by atoms with Gasteiger partial charge in [-0.3, -0.25) is 15.1 Å². The summed E-state index contributed by atoms with van der Waals surface area (Å²) in [5.41, 5.74) is 2.24. The first-order chi connectivity index (χ1) is 8.51. The van der Waals surface area contributed by atoms with Gasteiger partial charge in [-0.15, -0.1) is 0 Å². The van der Waals surface area contributed by atoms with Gasteiger partial charge in [-0.2, -0.15) is 0 Å². The standard InChI is InChI=1S/C13H28N4O/c1-5-17-8-6-7-12(17)9-16(4)11(3)10(2)13(18)15-14/h10-12H,5-9,14H2,1-4H3,(H,15,18). The predicted octanol–water partition coefficient (Wildman–Crippen LogP) is 0.417. The molecule has 1 amide bonds. The van der Waals surface area contributed by atoms with Crippen LogP contribution in [-0.4, -0.2) is 54.5 Å². The number of carbonyl (C=O) groups excluding carboxylic acids is 1. The van der Waals surface area contributed by atoms with Gasteiger partial charge in [0.05, 0.1) is 5.92 Å². The van der Waals surface area contributed by atoms with Gasteiger partial charge in [-0.25, -0.2) is 5.84 Å². The van der Waals surface area contributed by atoms with E-state index in [1.54, 1.807) is 0 Å². The Kier molecular flexibility index (Phi) is 6.05. The molecule has 1 aliphatic rings. The molecule has 0 saturated carbocycles. The van der Waals surface area contributed by atoms with Crippen LogP contribution in [0.1, 0.15) is 33.6 Å². The number of nitrogens with zero attached hydrogens (tertiary/aromatic N) is 2. The van der Waals surface area contributed by atoms with E-state index in [-0.39, 0.29) is 17.9 Å². The Balaban J connectivity index is 2.48. The summed E-state index contributed by atoms with van der Waals surface area (Å²) < 4.78 is 0. The summed E-state index contributed by atoms with van der Waals surface area (Å²) in [5, 5.41) is 0. The molecular weight excluding hydrogens is 228 g/mol. The molecule has 0 aromatic heterocycles. The Morgan fingerprint density at radius 3 is 2.78 bits per heavy atom. The summed E-state index contributed by atoms with van der Waals surface area (Å²) in [6, 6.07) is 0.837. The van der Waals surface area contributed by atoms with E-state index in [2.05, 4.69) is 36.1 Å². The van der Waals surface area contributed by atoms with Crippen molar-refractivity contribution in [3.05, 3.63) is 0 Å². The average molecular weight is 256 g/mol. The van der Waals surface area contributed by atoms with Crippen LogP contribution in [0, 0.1) is 5.92 Å². The molecule has 0 radical (unpaired) electrons. The summed E-state index contributed by atoms with van der Waals surface area (Å²) in [5.74, 6) is 5.02. The molecule has 0 bridgehead atoms. The number of rotatable bonds is 6. The Hall–Kier alpha value is -0.650. The second kappa shape index (κ2) is 7.07. The zero-order valence-electron chi connectivity index (χ0n) is 12.1. The molecule has 1 saturated heterocycles. The third kappa shape index (κ3) is 3.67. The van der Waals surface area contributed by atoms with Gasteiger partial charge in [-0.05, 0) is 39.9 Å². The number of nitrogens with one attached hydrogen (secondary N) is 1. The van der Waals surface area contributed by atoms with Crippen molar-refractivity contribution in [3.63, 3.8) is 0 Å². The lowest BCUT2D eigenvalue weighted by molar-refractivity contribution is -0.126. The fourth-order valence-electron chi connectivity index (χ4n) is 2.75. The van der Waals surface area contributed by atoms with E-state index in [1.807, 2.05) is 6.92 Å². The normalized spacial score (nSPS) is 24.2. The van der Waals surface area contributed by atoms with Crippen molar-refractivity contribution in [2.24, 2.45) is 11.8 Å². The first-order valence-corrected chi connectivity index (χ1v) is 6.96. The Morgan fingerprint density at radius 1 is 1.56 bits per heavy atom. The lowest BCUT2D eigenvalue weighted by Crippen LogP contribution is -2.48. The van der Waals surface area contributed by atoms with Crippen molar-refractivity contribution in [1.82, 2.24) is 15.2 Å². The number of hydrogen-bond acceptors (Lipinski definition) is 4. The molecule has 5 heteroatoms. The highest BCUT2D eigenvalue weighted by Crippen LogP contribution is 2.19. The molecule has 1 fully saturated rings. The van der Waals surface area contributed by atoms with E-state index in [0.717, 1.165) is 13.1 Å². The lowest BCUT2D eigenvalue weighted by Gasteiger charge is -2.33. The molecule has 1 rings (SSSR count). The minimum Gasteiger partial charge on any atom is -0.301 e.